The molecule has 4 aliphatic rings. The van der Waals surface area contributed by atoms with E-state index >= 15 is 0 Å². The van der Waals surface area contributed by atoms with E-state index in [1.54, 1.807) is 26.2 Å². The van der Waals surface area contributed by atoms with Gasteiger partial charge in [-0.05, 0) is 12.1 Å². The topological polar surface area (TPSA) is 99.5 Å². The fourth-order valence-electron chi connectivity index (χ4n) is 5.09. The van der Waals surface area contributed by atoms with Crippen molar-refractivity contribution in [2.75, 3.05) is 34.2 Å². The number of hydrogen-bond acceptors (Lipinski definition) is 8. The fourth-order valence-corrected chi connectivity index (χ4v) is 11.4. The predicted molar refractivity (Wildman–Crippen MR) is 159 cm³/mol. The third-order valence-corrected chi connectivity index (χ3v) is 14.0. The van der Waals surface area contributed by atoms with Gasteiger partial charge in [-0.2, -0.15) is 10.2 Å². The van der Waals surface area contributed by atoms with E-state index in [2.05, 4.69) is 10.2 Å². The first kappa shape index (κ1) is 25.7. The number of thioether (sulfide) groups is 2. The molecule has 12 heteroatoms. The van der Waals surface area contributed by atoms with E-state index in [-0.39, 0.29) is 21.6 Å². The highest BCUT2D eigenvalue weighted by atomic mass is 32.2. The van der Waals surface area contributed by atoms with Crippen LogP contribution in [0.15, 0.2) is 68.5 Å². The van der Waals surface area contributed by atoms with Crippen molar-refractivity contribution < 1.29 is 16.8 Å². The number of para-hydroxylation sites is 2. The molecule has 38 heavy (non-hydrogen) atoms. The summed E-state index contributed by atoms with van der Waals surface area (Å²) >= 11 is 3.02. The van der Waals surface area contributed by atoms with Crippen LogP contribution in [0.2, 0.25) is 0 Å². The number of hydrogen-bond donors (Lipinski definition) is 0. The minimum atomic E-state index is -3.87. The molecule has 4 aliphatic heterocycles. The lowest BCUT2D eigenvalue weighted by Gasteiger charge is -2.35. The Kier molecular flexibility index (Phi) is 6.09. The van der Waals surface area contributed by atoms with Gasteiger partial charge in [0, 0.05) is 58.4 Å². The highest BCUT2D eigenvalue weighted by Gasteiger charge is 2.44. The van der Waals surface area contributed by atoms with E-state index in [1.165, 1.54) is 32.1 Å². The van der Waals surface area contributed by atoms with Crippen molar-refractivity contribution in [1.29, 1.82) is 0 Å². The molecule has 0 saturated carbocycles. The molecule has 0 bridgehead atoms. The van der Waals surface area contributed by atoms with Crippen molar-refractivity contribution in [3.63, 3.8) is 0 Å². The predicted octanol–water partition coefficient (Wildman–Crippen LogP) is 4.85. The van der Waals surface area contributed by atoms with E-state index < -0.39 is 20.0 Å². The van der Waals surface area contributed by atoms with Gasteiger partial charge < -0.3 is 0 Å². The van der Waals surface area contributed by atoms with Crippen molar-refractivity contribution in [3.8, 4) is 0 Å². The summed E-state index contributed by atoms with van der Waals surface area (Å²) in [4.78, 5) is 1.66. The minimum Gasteiger partial charge on any atom is -0.269 e. The van der Waals surface area contributed by atoms with Gasteiger partial charge >= 0.3 is 0 Å². The average molecular weight is 587 g/mol. The lowest BCUT2D eigenvalue weighted by molar-refractivity contribution is 0.599. The summed E-state index contributed by atoms with van der Waals surface area (Å²) in [6, 6.07) is 14.9. The fraction of sp³-hybridized carbons (Fsp3) is 0.308. The number of sulfonamides is 2. The quantitative estimate of drug-likeness (QED) is 0.443. The number of rotatable bonds is 1. The molecular formula is C26H26N4O4S4. The number of nitrogens with zero attached hydrogens (tertiary/aromatic N) is 4. The van der Waals surface area contributed by atoms with Crippen molar-refractivity contribution >= 4 is 76.2 Å². The zero-order chi connectivity index (χ0) is 27.0. The van der Waals surface area contributed by atoms with Crippen molar-refractivity contribution in [2.45, 2.75) is 13.8 Å². The molecule has 6 rings (SSSR count). The van der Waals surface area contributed by atoms with Gasteiger partial charge in [0.2, 0.25) is 0 Å². The number of anilines is 2. The molecular weight excluding hydrogens is 561 g/mol. The highest BCUT2D eigenvalue weighted by molar-refractivity contribution is 8.11. The lowest BCUT2D eigenvalue weighted by Crippen LogP contribution is -2.39. The average Bonchev–Trinajstić information content (AvgIpc) is 2.90. The molecule has 0 aliphatic carbocycles. The molecule has 4 heterocycles. The largest absolute Gasteiger partial charge is 0.269 e. The maximum atomic E-state index is 13.7. The Morgan fingerprint density at radius 2 is 1.05 bits per heavy atom. The number of allylic oxidation sites excluding steroid dienone is 2. The van der Waals surface area contributed by atoms with Gasteiger partial charge in [0.25, 0.3) is 20.0 Å². The molecule has 0 fully saturated rings. The Bertz CT molecular complexity index is 1600. The van der Waals surface area contributed by atoms with Crippen LogP contribution in [0.4, 0.5) is 11.4 Å². The summed E-state index contributed by atoms with van der Waals surface area (Å²) in [5, 5.41) is 9.13. The molecule has 2 unspecified atom stereocenters. The summed E-state index contributed by atoms with van der Waals surface area (Å²) in [5.41, 5.74) is 3.67. The van der Waals surface area contributed by atoms with Gasteiger partial charge in [-0.25, -0.2) is 16.8 Å². The Balaban J connectivity index is 1.57. The van der Waals surface area contributed by atoms with Crippen LogP contribution >= 0.6 is 23.5 Å². The Morgan fingerprint density at radius 1 is 0.684 bits per heavy atom. The standard InChI is InChI=1S/C26H26N4O4S4/c1-15-13-35-23-17-9-5-7-11-19(17)29(3)37(31,32)25(23)21(15)27-28-22-16(2)14-36-24-18-10-6-8-12-20(18)30(4)38(33,34)26(22)24/h5-12,15-16H,13-14H2,1-4H3/b27-21+,28-22+. The monoisotopic (exact) mass is 586 g/mol. The van der Waals surface area contributed by atoms with Gasteiger partial charge in [-0.1, -0.05) is 50.2 Å². The molecule has 8 nitrogen and oxygen atoms in total. The minimum absolute atomic E-state index is 0.160. The Hall–Kier alpha value is -2.54. The molecule has 0 amide bonds. The first-order valence-corrected chi connectivity index (χ1v) is 17.0. The Morgan fingerprint density at radius 3 is 1.45 bits per heavy atom. The van der Waals surface area contributed by atoms with E-state index in [1.807, 2.05) is 50.2 Å². The maximum absolute atomic E-state index is 13.7. The molecule has 0 radical (unpaired) electrons. The SMILES string of the molecule is CC1CSC2=C(/C1=N/N=C1/C3=C(SCC1C)c1ccccc1N(C)S3(=O)=O)S(=O)(=O)N(C)c1ccccc12. The highest BCUT2D eigenvalue weighted by Crippen LogP contribution is 2.50. The molecule has 0 aromatic heterocycles. The van der Waals surface area contributed by atoms with Gasteiger partial charge in [0.05, 0.1) is 22.8 Å². The van der Waals surface area contributed by atoms with Crippen LogP contribution in [-0.2, 0) is 20.0 Å². The molecule has 0 saturated heterocycles. The van der Waals surface area contributed by atoms with Gasteiger partial charge in [-0.3, -0.25) is 8.61 Å². The van der Waals surface area contributed by atoms with Crippen LogP contribution in [0, 0.1) is 11.8 Å². The summed E-state index contributed by atoms with van der Waals surface area (Å²) in [5.74, 6) is 0.905. The van der Waals surface area contributed by atoms with Crippen molar-refractivity contribution in [2.24, 2.45) is 22.0 Å². The second kappa shape index (κ2) is 9.00. The van der Waals surface area contributed by atoms with Gasteiger partial charge in [0.1, 0.15) is 9.81 Å². The maximum Gasteiger partial charge on any atom is 0.267 e. The van der Waals surface area contributed by atoms with Crippen LogP contribution in [0.3, 0.4) is 0 Å². The summed E-state index contributed by atoms with van der Waals surface area (Å²) in [7, 11) is -4.65. The zero-order valence-electron chi connectivity index (χ0n) is 21.2. The molecule has 0 spiro atoms. The molecule has 0 N–H and O–H groups in total. The second-order valence-corrected chi connectivity index (χ2v) is 15.6. The number of benzene rings is 2. The summed E-state index contributed by atoms with van der Waals surface area (Å²) in [6.07, 6.45) is 0. The third kappa shape index (κ3) is 3.64. The van der Waals surface area contributed by atoms with E-state index in [4.69, 9.17) is 0 Å². The molecule has 2 aromatic carbocycles. The van der Waals surface area contributed by atoms with E-state index in [9.17, 15) is 16.8 Å². The first-order chi connectivity index (χ1) is 18.0. The van der Waals surface area contributed by atoms with E-state index in [0.29, 0.717) is 44.1 Å². The van der Waals surface area contributed by atoms with Gasteiger partial charge in [0.15, 0.2) is 0 Å². The Labute approximate surface area is 231 Å². The second-order valence-electron chi connectivity index (χ2n) is 9.69. The normalized spacial score (nSPS) is 27.7. The third-order valence-electron chi connectivity index (χ3n) is 7.24. The summed E-state index contributed by atoms with van der Waals surface area (Å²) < 4.78 is 57.4. The lowest BCUT2D eigenvalue weighted by atomic mass is 10.0. The van der Waals surface area contributed by atoms with Crippen LogP contribution in [0.1, 0.15) is 25.0 Å². The van der Waals surface area contributed by atoms with Crippen molar-refractivity contribution in [1.82, 2.24) is 0 Å². The van der Waals surface area contributed by atoms with Crippen LogP contribution in [-0.4, -0.2) is 53.9 Å². The van der Waals surface area contributed by atoms with Crippen LogP contribution in [0.25, 0.3) is 9.81 Å². The molecule has 2 atom stereocenters. The van der Waals surface area contributed by atoms with Crippen molar-refractivity contribution in [3.05, 3.63) is 69.5 Å². The molecule has 198 valence electrons. The molecule has 2 aromatic rings. The van der Waals surface area contributed by atoms with E-state index in [0.717, 1.165) is 11.1 Å². The summed E-state index contributed by atoms with van der Waals surface area (Å²) in [6.45, 7) is 3.86. The zero-order valence-corrected chi connectivity index (χ0v) is 24.5. The van der Waals surface area contributed by atoms with Crippen LogP contribution < -0.4 is 8.61 Å². The smallest absolute Gasteiger partial charge is 0.267 e. The number of fused-ring (bicyclic) bond motifs is 4. The first-order valence-electron chi connectivity index (χ1n) is 12.1. The van der Waals surface area contributed by atoms with Gasteiger partial charge in [-0.15, -0.1) is 23.5 Å². The van der Waals surface area contributed by atoms with Crippen LogP contribution in [0.5, 0.6) is 0 Å².